The lowest BCUT2D eigenvalue weighted by molar-refractivity contribution is -0.123. The van der Waals surface area contributed by atoms with Gasteiger partial charge in [-0.2, -0.15) is 0 Å². The summed E-state index contributed by atoms with van der Waals surface area (Å²) in [6, 6.07) is 6.90. The van der Waals surface area contributed by atoms with Crippen molar-refractivity contribution in [3.05, 3.63) is 24.3 Å². The summed E-state index contributed by atoms with van der Waals surface area (Å²) >= 11 is 0. The summed E-state index contributed by atoms with van der Waals surface area (Å²) in [5, 5.41) is 3.05. The standard InChI is InChI=1S/C18H28N2O4S/c1-20(25(2,22)23)16-10-12-17(13-11-16)24-14-18(21)19-15-8-6-4-3-5-7-9-15/h10-13,15H,3-9,14H2,1-2H3,(H,19,21). The van der Waals surface area contributed by atoms with Crippen LogP contribution in [-0.2, 0) is 14.8 Å². The van der Waals surface area contributed by atoms with E-state index in [-0.39, 0.29) is 18.6 Å². The van der Waals surface area contributed by atoms with Crippen molar-refractivity contribution in [2.24, 2.45) is 0 Å². The molecule has 0 atom stereocenters. The molecule has 25 heavy (non-hydrogen) atoms. The van der Waals surface area contributed by atoms with Crippen molar-refractivity contribution in [2.45, 2.75) is 51.0 Å². The van der Waals surface area contributed by atoms with E-state index in [0.29, 0.717) is 11.4 Å². The second kappa shape index (κ2) is 9.08. The molecule has 0 unspecified atom stereocenters. The molecule has 1 N–H and O–H groups in total. The number of amides is 1. The van der Waals surface area contributed by atoms with Crippen LogP contribution in [0.15, 0.2) is 24.3 Å². The van der Waals surface area contributed by atoms with Crippen molar-refractivity contribution < 1.29 is 17.9 Å². The number of hydrogen-bond acceptors (Lipinski definition) is 4. The van der Waals surface area contributed by atoms with Crippen molar-refractivity contribution in [1.29, 1.82) is 0 Å². The first-order chi connectivity index (χ1) is 11.9. The maximum absolute atomic E-state index is 12.1. The van der Waals surface area contributed by atoms with Crippen LogP contribution in [-0.4, -0.2) is 40.3 Å². The fourth-order valence-electron chi connectivity index (χ4n) is 2.96. The number of nitrogens with one attached hydrogen (secondary N) is 1. The Bertz CT molecular complexity index is 650. The Hall–Kier alpha value is -1.76. The third-order valence-corrected chi connectivity index (χ3v) is 5.74. The third-order valence-electron chi connectivity index (χ3n) is 4.54. The summed E-state index contributed by atoms with van der Waals surface area (Å²) in [7, 11) is -1.79. The first-order valence-electron chi connectivity index (χ1n) is 8.82. The molecule has 0 aromatic heterocycles. The van der Waals surface area contributed by atoms with Gasteiger partial charge in [0.2, 0.25) is 10.0 Å². The summed E-state index contributed by atoms with van der Waals surface area (Å²) < 4.78 is 29.7. The monoisotopic (exact) mass is 368 g/mol. The number of anilines is 1. The number of carbonyl (C=O) groups is 1. The lowest BCUT2D eigenvalue weighted by Gasteiger charge is -2.21. The molecule has 6 nitrogen and oxygen atoms in total. The molecular weight excluding hydrogens is 340 g/mol. The highest BCUT2D eigenvalue weighted by molar-refractivity contribution is 7.92. The van der Waals surface area contributed by atoms with Gasteiger partial charge in [0.05, 0.1) is 11.9 Å². The number of rotatable bonds is 6. The zero-order chi connectivity index (χ0) is 18.3. The summed E-state index contributed by atoms with van der Waals surface area (Å²) in [6.45, 7) is -0.0300. The van der Waals surface area contributed by atoms with Gasteiger partial charge in [-0.3, -0.25) is 9.10 Å². The van der Waals surface area contributed by atoms with Crippen LogP contribution in [0.5, 0.6) is 5.75 Å². The smallest absolute Gasteiger partial charge is 0.258 e. The second-order valence-corrected chi connectivity index (χ2v) is 8.64. The molecule has 1 aromatic rings. The molecule has 1 aliphatic carbocycles. The number of carbonyl (C=O) groups excluding carboxylic acids is 1. The number of nitrogens with zero attached hydrogens (tertiary/aromatic N) is 1. The normalized spacial score (nSPS) is 16.6. The molecule has 0 saturated heterocycles. The molecule has 140 valence electrons. The largest absolute Gasteiger partial charge is 0.484 e. The Morgan fingerprint density at radius 3 is 2.24 bits per heavy atom. The van der Waals surface area contributed by atoms with Gasteiger partial charge in [0.15, 0.2) is 6.61 Å². The minimum absolute atomic E-state index is 0.0300. The first-order valence-corrected chi connectivity index (χ1v) is 10.7. The minimum atomic E-state index is -3.29. The predicted octanol–water partition coefficient (Wildman–Crippen LogP) is 2.69. The zero-order valence-electron chi connectivity index (χ0n) is 15.0. The van der Waals surface area contributed by atoms with E-state index in [1.807, 2.05) is 0 Å². The molecule has 1 saturated carbocycles. The SMILES string of the molecule is CN(c1ccc(OCC(=O)NC2CCCCCCC2)cc1)S(C)(=O)=O. The molecule has 1 aliphatic rings. The van der Waals surface area contributed by atoms with Gasteiger partial charge >= 0.3 is 0 Å². The fourth-order valence-corrected chi connectivity index (χ4v) is 3.47. The average molecular weight is 368 g/mol. The van der Waals surface area contributed by atoms with Crippen LogP contribution in [0.4, 0.5) is 5.69 Å². The number of benzene rings is 1. The van der Waals surface area contributed by atoms with Crippen LogP contribution in [0.3, 0.4) is 0 Å². The van der Waals surface area contributed by atoms with E-state index >= 15 is 0 Å². The van der Waals surface area contributed by atoms with Gasteiger partial charge in [0, 0.05) is 13.1 Å². The average Bonchev–Trinajstić information content (AvgIpc) is 2.54. The highest BCUT2D eigenvalue weighted by Crippen LogP contribution is 2.20. The van der Waals surface area contributed by atoms with Crippen LogP contribution < -0.4 is 14.4 Å². The van der Waals surface area contributed by atoms with Crippen molar-refractivity contribution in [2.75, 3.05) is 24.2 Å². The van der Waals surface area contributed by atoms with Gasteiger partial charge in [0.25, 0.3) is 5.91 Å². The highest BCUT2D eigenvalue weighted by atomic mass is 32.2. The maximum atomic E-state index is 12.1. The summed E-state index contributed by atoms with van der Waals surface area (Å²) in [5.41, 5.74) is 0.550. The molecule has 7 heteroatoms. The van der Waals surface area contributed by atoms with Gasteiger partial charge in [-0.15, -0.1) is 0 Å². The molecule has 0 bridgehead atoms. The molecule has 0 radical (unpaired) electrons. The van der Waals surface area contributed by atoms with Gasteiger partial charge in [-0.05, 0) is 37.1 Å². The van der Waals surface area contributed by atoms with Gasteiger partial charge < -0.3 is 10.1 Å². The summed E-state index contributed by atoms with van der Waals surface area (Å²) in [6.07, 6.45) is 9.36. The molecule has 1 amide bonds. The van der Waals surface area contributed by atoms with Crippen LogP contribution in [0, 0.1) is 0 Å². The fraction of sp³-hybridized carbons (Fsp3) is 0.611. The zero-order valence-corrected chi connectivity index (χ0v) is 15.8. The topological polar surface area (TPSA) is 75.7 Å². The number of hydrogen-bond donors (Lipinski definition) is 1. The van der Waals surface area contributed by atoms with Crippen molar-refractivity contribution in [1.82, 2.24) is 5.32 Å². The maximum Gasteiger partial charge on any atom is 0.258 e. The number of sulfonamides is 1. The van der Waals surface area contributed by atoms with Gasteiger partial charge in [0.1, 0.15) is 5.75 Å². The molecule has 1 aromatic carbocycles. The van der Waals surface area contributed by atoms with Crippen molar-refractivity contribution in [3.63, 3.8) is 0 Å². The number of ether oxygens (including phenoxy) is 1. The predicted molar refractivity (Wildman–Crippen MR) is 99.4 cm³/mol. The lowest BCUT2D eigenvalue weighted by Crippen LogP contribution is -2.38. The second-order valence-electron chi connectivity index (χ2n) is 6.62. The Labute approximate surface area is 150 Å². The summed E-state index contributed by atoms with van der Waals surface area (Å²) in [4.78, 5) is 12.1. The minimum Gasteiger partial charge on any atom is -0.484 e. The Morgan fingerprint density at radius 2 is 1.68 bits per heavy atom. The van der Waals surface area contributed by atoms with Crippen molar-refractivity contribution >= 4 is 21.6 Å². The Morgan fingerprint density at radius 1 is 1.12 bits per heavy atom. The van der Waals surface area contributed by atoms with E-state index in [4.69, 9.17) is 4.74 Å². The highest BCUT2D eigenvalue weighted by Gasteiger charge is 2.15. The molecular formula is C18H28N2O4S. The quantitative estimate of drug-likeness (QED) is 0.838. The van der Waals surface area contributed by atoms with Crippen molar-refractivity contribution in [3.8, 4) is 5.75 Å². The van der Waals surface area contributed by atoms with E-state index < -0.39 is 10.0 Å². The first kappa shape index (κ1) is 19.6. The Kier molecular flexibility index (Phi) is 7.11. The van der Waals surface area contributed by atoms with Gasteiger partial charge in [-0.25, -0.2) is 8.42 Å². The lowest BCUT2D eigenvalue weighted by atomic mass is 9.97. The molecule has 1 fully saturated rings. The van der Waals surface area contributed by atoms with Crippen LogP contribution in [0.1, 0.15) is 44.9 Å². The molecule has 2 rings (SSSR count). The van der Waals surface area contributed by atoms with E-state index in [2.05, 4.69) is 5.32 Å². The Balaban J connectivity index is 1.81. The van der Waals surface area contributed by atoms with E-state index in [0.717, 1.165) is 19.1 Å². The van der Waals surface area contributed by atoms with Crippen LogP contribution in [0.25, 0.3) is 0 Å². The van der Waals surface area contributed by atoms with E-state index in [1.165, 1.54) is 43.5 Å². The molecule has 0 spiro atoms. The van der Waals surface area contributed by atoms with Gasteiger partial charge in [-0.1, -0.05) is 32.1 Å². The van der Waals surface area contributed by atoms with E-state index in [9.17, 15) is 13.2 Å². The molecule has 0 aliphatic heterocycles. The van der Waals surface area contributed by atoms with Crippen LogP contribution in [0.2, 0.25) is 0 Å². The van der Waals surface area contributed by atoms with E-state index in [1.54, 1.807) is 24.3 Å². The third kappa shape index (κ3) is 6.57. The summed E-state index contributed by atoms with van der Waals surface area (Å²) in [5.74, 6) is 0.432. The molecule has 0 heterocycles. The van der Waals surface area contributed by atoms with Crippen LogP contribution >= 0.6 is 0 Å².